The third-order valence-electron chi connectivity index (χ3n) is 2.48. The fourth-order valence-corrected chi connectivity index (χ4v) is 1.61. The van der Waals surface area contributed by atoms with Crippen LogP contribution in [0, 0.1) is 0 Å². The molecule has 0 saturated heterocycles. The summed E-state index contributed by atoms with van der Waals surface area (Å²) in [5.41, 5.74) is 0.842. The first-order chi connectivity index (χ1) is 9.24. The van der Waals surface area contributed by atoms with E-state index < -0.39 is 5.97 Å². The van der Waals surface area contributed by atoms with Crippen LogP contribution >= 0.6 is 0 Å². The minimum atomic E-state index is -0.816. The van der Waals surface area contributed by atoms with Gasteiger partial charge in [-0.05, 0) is 24.3 Å². The summed E-state index contributed by atoms with van der Waals surface area (Å²) < 4.78 is 5.69. The highest BCUT2D eigenvalue weighted by Crippen LogP contribution is 2.23. The topological polar surface area (TPSA) is 58.6 Å². The lowest BCUT2D eigenvalue weighted by atomic mass is 10.3. The lowest BCUT2D eigenvalue weighted by Crippen LogP contribution is -2.07. The van der Waals surface area contributed by atoms with Crippen molar-refractivity contribution in [1.29, 1.82) is 0 Å². The van der Waals surface area contributed by atoms with Crippen molar-refractivity contribution in [1.82, 2.24) is 0 Å². The highest BCUT2D eigenvalue weighted by molar-refractivity contribution is 5.67. The van der Waals surface area contributed by atoms with Gasteiger partial charge in [-0.2, -0.15) is 0 Å². The van der Waals surface area contributed by atoms with Gasteiger partial charge in [-0.3, -0.25) is 4.79 Å². The van der Waals surface area contributed by atoms with Crippen LogP contribution in [0.3, 0.4) is 0 Å². The molecule has 2 N–H and O–H groups in total. The fourth-order valence-electron chi connectivity index (χ4n) is 1.61. The van der Waals surface area contributed by atoms with Crippen molar-refractivity contribution in [3.05, 3.63) is 54.6 Å². The van der Waals surface area contributed by atoms with Crippen molar-refractivity contribution in [2.45, 2.75) is 6.42 Å². The SMILES string of the molecule is O=C(O)CCNc1cccc(Oc2ccccc2)c1. The third-order valence-corrected chi connectivity index (χ3v) is 2.48. The van der Waals surface area contributed by atoms with Gasteiger partial charge in [0.1, 0.15) is 11.5 Å². The smallest absolute Gasteiger partial charge is 0.305 e. The van der Waals surface area contributed by atoms with Gasteiger partial charge >= 0.3 is 5.97 Å². The maximum Gasteiger partial charge on any atom is 0.305 e. The number of rotatable bonds is 6. The van der Waals surface area contributed by atoms with Crippen molar-refractivity contribution in [2.24, 2.45) is 0 Å². The Bertz CT molecular complexity index is 540. The minimum Gasteiger partial charge on any atom is -0.481 e. The van der Waals surface area contributed by atoms with Gasteiger partial charge in [0.2, 0.25) is 0 Å². The van der Waals surface area contributed by atoms with Crippen LogP contribution in [-0.2, 0) is 4.79 Å². The molecular weight excluding hydrogens is 242 g/mol. The molecule has 4 heteroatoms. The summed E-state index contributed by atoms with van der Waals surface area (Å²) in [6, 6.07) is 16.9. The average molecular weight is 257 g/mol. The summed E-state index contributed by atoms with van der Waals surface area (Å²) in [6.45, 7) is 0.393. The molecule has 0 atom stereocenters. The Hall–Kier alpha value is -2.49. The van der Waals surface area contributed by atoms with Gasteiger partial charge in [-0.1, -0.05) is 24.3 Å². The number of para-hydroxylation sites is 1. The number of ether oxygens (including phenoxy) is 1. The molecule has 0 spiro atoms. The van der Waals surface area contributed by atoms with Crippen LogP contribution in [0.2, 0.25) is 0 Å². The first-order valence-corrected chi connectivity index (χ1v) is 6.03. The number of hydrogen-bond donors (Lipinski definition) is 2. The summed E-state index contributed by atoms with van der Waals surface area (Å²) in [5.74, 6) is 0.668. The molecule has 0 aliphatic rings. The average Bonchev–Trinajstić information content (AvgIpc) is 2.40. The van der Waals surface area contributed by atoms with E-state index in [-0.39, 0.29) is 6.42 Å². The number of anilines is 1. The Kier molecular flexibility index (Phi) is 4.39. The van der Waals surface area contributed by atoms with Crippen LogP contribution in [0.5, 0.6) is 11.5 Å². The van der Waals surface area contributed by atoms with Gasteiger partial charge in [0, 0.05) is 18.3 Å². The highest BCUT2D eigenvalue weighted by atomic mass is 16.5. The molecule has 2 rings (SSSR count). The number of carboxylic acids is 1. The van der Waals surface area contributed by atoms with Gasteiger partial charge in [0.15, 0.2) is 0 Å². The van der Waals surface area contributed by atoms with Crippen molar-refractivity contribution in [3.8, 4) is 11.5 Å². The van der Waals surface area contributed by atoms with E-state index in [4.69, 9.17) is 9.84 Å². The molecule has 0 amide bonds. The van der Waals surface area contributed by atoms with Crippen molar-refractivity contribution in [3.63, 3.8) is 0 Å². The molecular formula is C15H15NO3. The second-order valence-corrected chi connectivity index (χ2v) is 4.01. The number of benzene rings is 2. The van der Waals surface area contributed by atoms with E-state index in [1.165, 1.54) is 0 Å². The molecule has 0 saturated carbocycles. The predicted molar refractivity (Wildman–Crippen MR) is 73.7 cm³/mol. The molecule has 0 fully saturated rings. The number of nitrogens with one attached hydrogen (secondary N) is 1. The Morgan fingerprint density at radius 2 is 1.79 bits per heavy atom. The number of hydrogen-bond acceptors (Lipinski definition) is 3. The molecule has 19 heavy (non-hydrogen) atoms. The van der Waals surface area contributed by atoms with Crippen LogP contribution in [0.4, 0.5) is 5.69 Å². The highest BCUT2D eigenvalue weighted by Gasteiger charge is 2.00. The van der Waals surface area contributed by atoms with Gasteiger partial charge in [0.05, 0.1) is 6.42 Å². The van der Waals surface area contributed by atoms with E-state index >= 15 is 0 Å². The second kappa shape index (κ2) is 6.44. The first-order valence-electron chi connectivity index (χ1n) is 6.03. The Morgan fingerprint density at radius 1 is 1.05 bits per heavy atom. The number of carboxylic acid groups (broad SMARTS) is 1. The largest absolute Gasteiger partial charge is 0.481 e. The molecule has 0 aliphatic carbocycles. The summed E-state index contributed by atoms with van der Waals surface area (Å²) >= 11 is 0. The Labute approximate surface area is 111 Å². The number of carbonyl (C=O) groups is 1. The van der Waals surface area contributed by atoms with Gasteiger partial charge in [0.25, 0.3) is 0 Å². The van der Waals surface area contributed by atoms with Crippen molar-refractivity contribution < 1.29 is 14.6 Å². The molecule has 0 bridgehead atoms. The van der Waals surface area contributed by atoms with E-state index in [0.717, 1.165) is 11.4 Å². The van der Waals surface area contributed by atoms with Gasteiger partial charge < -0.3 is 15.2 Å². The van der Waals surface area contributed by atoms with Crippen molar-refractivity contribution >= 4 is 11.7 Å². The van der Waals surface area contributed by atoms with E-state index in [0.29, 0.717) is 12.3 Å². The van der Waals surface area contributed by atoms with Crippen LogP contribution in [0.1, 0.15) is 6.42 Å². The second-order valence-electron chi connectivity index (χ2n) is 4.01. The molecule has 0 aliphatic heterocycles. The summed E-state index contributed by atoms with van der Waals surface area (Å²) in [6.07, 6.45) is 0.0871. The fraction of sp³-hybridized carbons (Fsp3) is 0.133. The van der Waals surface area contributed by atoms with Crippen LogP contribution in [0.25, 0.3) is 0 Å². The summed E-state index contributed by atoms with van der Waals surface area (Å²) in [7, 11) is 0. The molecule has 0 heterocycles. The van der Waals surface area contributed by atoms with Gasteiger partial charge in [-0.25, -0.2) is 0 Å². The standard InChI is InChI=1S/C15H15NO3/c17-15(18)9-10-16-12-5-4-8-14(11-12)19-13-6-2-1-3-7-13/h1-8,11,16H,9-10H2,(H,17,18). The minimum absolute atomic E-state index is 0.0871. The molecule has 98 valence electrons. The maximum atomic E-state index is 10.4. The normalized spacial score (nSPS) is 9.89. The zero-order chi connectivity index (χ0) is 13.5. The zero-order valence-corrected chi connectivity index (χ0v) is 10.4. The summed E-state index contributed by atoms with van der Waals surface area (Å²) in [5, 5.41) is 11.6. The van der Waals surface area contributed by atoms with E-state index in [2.05, 4.69) is 5.32 Å². The third kappa shape index (κ3) is 4.35. The van der Waals surface area contributed by atoms with E-state index in [1.54, 1.807) is 0 Å². The maximum absolute atomic E-state index is 10.4. The van der Waals surface area contributed by atoms with Crippen LogP contribution in [-0.4, -0.2) is 17.6 Å². The lowest BCUT2D eigenvalue weighted by molar-refractivity contribution is -0.136. The molecule has 0 radical (unpaired) electrons. The molecule has 4 nitrogen and oxygen atoms in total. The van der Waals surface area contributed by atoms with E-state index in [1.807, 2.05) is 54.6 Å². The molecule has 0 aromatic heterocycles. The molecule has 2 aromatic carbocycles. The summed E-state index contributed by atoms with van der Waals surface area (Å²) in [4.78, 5) is 10.4. The molecule has 2 aromatic rings. The molecule has 0 unspecified atom stereocenters. The van der Waals surface area contributed by atoms with Crippen LogP contribution in [0.15, 0.2) is 54.6 Å². The quantitative estimate of drug-likeness (QED) is 0.833. The van der Waals surface area contributed by atoms with E-state index in [9.17, 15) is 4.79 Å². The zero-order valence-electron chi connectivity index (χ0n) is 10.4. The van der Waals surface area contributed by atoms with Crippen molar-refractivity contribution in [2.75, 3.05) is 11.9 Å². The number of aliphatic carboxylic acids is 1. The monoisotopic (exact) mass is 257 g/mol. The Morgan fingerprint density at radius 3 is 2.53 bits per heavy atom. The predicted octanol–water partition coefficient (Wildman–Crippen LogP) is 3.37. The Balaban J connectivity index is 1.97. The first kappa shape index (κ1) is 13.0. The van der Waals surface area contributed by atoms with Gasteiger partial charge in [-0.15, -0.1) is 0 Å². The lowest BCUT2D eigenvalue weighted by Gasteiger charge is -2.08. The van der Waals surface area contributed by atoms with Crippen LogP contribution < -0.4 is 10.1 Å².